The Labute approximate surface area is 97.5 Å². The monoisotopic (exact) mass is 227 g/mol. The van der Waals surface area contributed by atoms with Gasteiger partial charge in [-0.25, -0.2) is 0 Å². The zero-order chi connectivity index (χ0) is 12.4. The molecule has 0 aliphatic rings. The molecule has 0 radical (unpaired) electrons. The summed E-state index contributed by atoms with van der Waals surface area (Å²) in [5, 5.41) is 0. The van der Waals surface area contributed by atoms with Crippen molar-refractivity contribution in [1.29, 1.82) is 0 Å². The van der Waals surface area contributed by atoms with E-state index in [0.717, 1.165) is 12.3 Å². The molecule has 0 rings (SSSR count). The molecule has 0 unspecified atom stereocenters. The first-order valence-electron chi connectivity index (χ1n) is 5.20. The van der Waals surface area contributed by atoms with Crippen LogP contribution in [0.2, 0.25) is 0 Å². The summed E-state index contributed by atoms with van der Waals surface area (Å²) in [7, 11) is 5.58. The second kappa shape index (κ2) is 9.12. The first-order valence-corrected chi connectivity index (χ1v) is 5.20. The first-order chi connectivity index (χ1) is 7.56. The Morgan fingerprint density at radius 3 is 2.56 bits per heavy atom. The molecule has 0 aliphatic heterocycles. The number of rotatable bonds is 8. The molecule has 0 aromatic carbocycles. The zero-order valence-electron chi connectivity index (χ0n) is 10.5. The molecule has 4 heteroatoms. The zero-order valence-corrected chi connectivity index (χ0v) is 10.5. The minimum atomic E-state index is 0.0151. The topological polar surface area (TPSA) is 38.8 Å². The van der Waals surface area contributed by atoms with Crippen molar-refractivity contribution in [3.63, 3.8) is 0 Å². The van der Waals surface area contributed by atoms with Crippen LogP contribution < -0.4 is 0 Å². The Bertz CT molecular complexity index is 257. The third kappa shape index (κ3) is 9.43. The maximum atomic E-state index is 10.7. The Kier molecular flexibility index (Phi) is 8.48. The lowest BCUT2D eigenvalue weighted by molar-refractivity contribution is -0.112. The van der Waals surface area contributed by atoms with Gasteiger partial charge in [-0.2, -0.15) is 0 Å². The predicted molar refractivity (Wildman–Crippen MR) is 64.3 cm³/mol. The van der Waals surface area contributed by atoms with Gasteiger partial charge in [-0.1, -0.05) is 6.08 Å². The van der Waals surface area contributed by atoms with Crippen molar-refractivity contribution in [2.24, 2.45) is 0 Å². The highest BCUT2D eigenvalue weighted by Gasteiger charge is 1.97. The Balaban J connectivity index is 4.09. The van der Waals surface area contributed by atoms with E-state index in [1.54, 1.807) is 19.3 Å². The molecule has 0 aromatic rings. The fourth-order valence-electron chi connectivity index (χ4n) is 0.930. The molecule has 0 fully saturated rings. The van der Waals surface area contributed by atoms with Crippen LogP contribution in [0.25, 0.3) is 0 Å². The maximum absolute atomic E-state index is 10.7. The van der Waals surface area contributed by atoms with E-state index in [-0.39, 0.29) is 5.78 Å². The maximum Gasteiger partial charge on any atom is 0.152 e. The third-order valence-corrected chi connectivity index (χ3v) is 1.73. The molecular weight excluding hydrogens is 206 g/mol. The van der Waals surface area contributed by atoms with Crippen LogP contribution in [0.5, 0.6) is 0 Å². The summed E-state index contributed by atoms with van der Waals surface area (Å²) in [6.07, 6.45) is 4.91. The van der Waals surface area contributed by atoms with Crippen molar-refractivity contribution in [3.8, 4) is 0 Å². The van der Waals surface area contributed by atoms with E-state index in [1.165, 1.54) is 13.0 Å². The Morgan fingerprint density at radius 1 is 1.38 bits per heavy atom. The van der Waals surface area contributed by atoms with Gasteiger partial charge in [-0.3, -0.25) is 4.79 Å². The molecule has 0 heterocycles. The molecule has 0 bridgehead atoms. The van der Waals surface area contributed by atoms with Crippen molar-refractivity contribution in [2.45, 2.75) is 6.92 Å². The van der Waals surface area contributed by atoms with Gasteiger partial charge in [0.2, 0.25) is 0 Å². The van der Waals surface area contributed by atoms with Gasteiger partial charge >= 0.3 is 0 Å². The van der Waals surface area contributed by atoms with Gasteiger partial charge in [0.05, 0.1) is 0 Å². The number of ketones is 1. The third-order valence-electron chi connectivity index (χ3n) is 1.73. The van der Waals surface area contributed by atoms with E-state index in [0.29, 0.717) is 13.2 Å². The van der Waals surface area contributed by atoms with Gasteiger partial charge in [-0.05, 0) is 33.2 Å². The van der Waals surface area contributed by atoms with Crippen LogP contribution in [0, 0.1) is 0 Å². The lowest BCUT2D eigenvalue weighted by Gasteiger charge is -2.12. The summed E-state index contributed by atoms with van der Waals surface area (Å²) in [5.41, 5.74) is 0. The first kappa shape index (κ1) is 14.9. The van der Waals surface area contributed by atoms with Gasteiger partial charge < -0.3 is 14.4 Å². The molecule has 0 N–H and O–H groups in total. The highest BCUT2D eigenvalue weighted by Crippen LogP contribution is 1.99. The molecule has 0 spiro atoms. The van der Waals surface area contributed by atoms with Crippen LogP contribution in [0.1, 0.15) is 6.92 Å². The number of methoxy groups -OCH3 is 1. The summed E-state index contributed by atoms with van der Waals surface area (Å²) in [4.78, 5) is 12.7. The Morgan fingerprint density at radius 2 is 2.06 bits per heavy atom. The molecule has 0 saturated carbocycles. The second-order valence-corrected chi connectivity index (χ2v) is 3.69. The fraction of sp³-hybridized carbons (Fsp3) is 0.583. The fourth-order valence-corrected chi connectivity index (χ4v) is 0.930. The number of allylic oxidation sites excluding steroid dienone is 3. The van der Waals surface area contributed by atoms with Crippen LogP contribution >= 0.6 is 0 Å². The van der Waals surface area contributed by atoms with Gasteiger partial charge in [-0.15, -0.1) is 0 Å². The molecule has 16 heavy (non-hydrogen) atoms. The van der Waals surface area contributed by atoms with E-state index in [1.807, 2.05) is 19.0 Å². The molecule has 0 aliphatic carbocycles. The van der Waals surface area contributed by atoms with Crippen LogP contribution in [0.4, 0.5) is 0 Å². The number of hydrogen-bond donors (Lipinski definition) is 0. The van der Waals surface area contributed by atoms with E-state index in [4.69, 9.17) is 9.47 Å². The van der Waals surface area contributed by atoms with Gasteiger partial charge in [0.1, 0.15) is 19.0 Å². The van der Waals surface area contributed by atoms with Crippen molar-refractivity contribution in [1.82, 2.24) is 4.90 Å². The Hall–Kier alpha value is -1.13. The van der Waals surface area contributed by atoms with Crippen LogP contribution in [0.3, 0.4) is 0 Å². The molecular formula is C12H21NO3. The largest absolute Gasteiger partial charge is 0.494 e. The number of nitrogens with zero attached hydrogens (tertiary/aromatic N) is 1. The molecule has 0 atom stereocenters. The summed E-state index contributed by atoms with van der Waals surface area (Å²) in [6, 6.07) is 0. The smallest absolute Gasteiger partial charge is 0.152 e. The van der Waals surface area contributed by atoms with E-state index in [2.05, 4.69) is 0 Å². The average molecular weight is 227 g/mol. The van der Waals surface area contributed by atoms with Gasteiger partial charge in [0.25, 0.3) is 0 Å². The summed E-state index contributed by atoms with van der Waals surface area (Å²) in [5.74, 6) is 0.739. The number of hydrogen-bond acceptors (Lipinski definition) is 4. The minimum Gasteiger partial charge on any atom is -0.494 e. The van der Waals surface area contributed by atoms with E-state index >= 15 is 0 Å². The van der Waals surface area contributed by atoms with Crippen LogP contribution in [0.15, 0.2) is 24.0 Å². The van der Waals surface area contributed by atoms with Gasteiger partial charge in [0, 0.05) is 13.7 Å². The number of likely N-dealkylation sites (N-methyl/N-ethyl adjacent to an activating group) is 1. The molecule has 0 saturated heterocycles. The normalized spacial score (nSPS) is 12.4. The standard InChI is InChI=1S/C12H21NO3/c1-11(14)6-5-7-12(10-15-4)16-9-8-13(2)3/h5-7H,8-10H2,1-4H3/b6-5+,12-7-. The SMILES string of the molecule is COC/C(=C/C=C/C(C)=O)OCCN(C)C. The summed E-state index contributed by atoms with van der Waals surface area (Å²) >= 11 is 0. The van der Waals surface area contributed by atoms with Crippen LogP contribution in [-0.4, -0.2) is 51.6 Å². The summed E-state index contributed by atoms with van der Waals surface area (Å²) in [6.45, 7) is 3.37. The lowest BCUT2D eigenvalue weighted by atomic mass is 10.3. The van der Waals surface area contributed by atoms with E-state index in [9.17, 15) is 4.79 Å². The highest BCUT2D eigenvalue weighted by molar-refractivity contribution is 5.87. The molecule has 0 amide bonds. The van der Waals surface area contributed by atoms with Crippen molar-refractivity contribution < 1.29 is 14.3 Å². The summed E-state index contributed by atoms with van der Waals surface area (Å²) < 4.78 is 10.5. The number of carbonyl (C=O) groups excluding carboxylic acids is 1. The lowest BCUT2D eigenvalue weighted by Crippen LogP contribution is -2.18. The minimum absolute atomic E-state index is 0.0151. The van der Waals surface area contributed by atoms with E-state index < -0.39 is 0 Å². The highest BCUT2D eigenvalue weighted by atomic mass is 16.5. The van der Waals surface area contributed by atoms with Crippen LogP contribution in [-0.2, 0) is 14.3 Å². The second-order valence-electron chi connectivity index (χ2n) is 3.69. The number of ether oxygens (including phenoxy) is 2. The van der Waals surface area contributed by atoms with Crippen molar-refractivity contribution >= 4 is 5.78 Å². The van der Waals surface area contributed by atoms with Crippen molar-refractivity contribution in [3.05, 3.63) is 24.0 Å². The molecule has 0 aromatic heterocycles. The molecule has 4 nitrogen and oxygen atoms in total. The average Bonchev–Trinajstić information content (AvgIpc) is 2.16. The number of carbonyl (C=O) groups is 1. The quantitative estimate of drug-likeness (QED) is 0.355. The molecule has 92 valence electrons. The van der Waals surface area contributed by atoms with Crippen molar-refractivity contribution in [2.75, 3.05) is 41.0 Å². The van der Waals surface area contributed by atoms with Gasteiger partial charge in [0.15, 0.2) is 5.78 Å². The predicted octanol–water partition coefficient (Wildman–Crippen LogP) is 1.24.